The monoisotopic (exact) mass is 403 g/mol. The van der Waals surface area contributed by atoms with E-state index in [1.54, 1.807) is 18.9 Å². The molecule has 1 atom stereocenters. The van der Waals surface area contributed by atoms with Crippen molar-refractivity contribution in [3.05, 3.63) is 64.2 Å². The molecule has 0 bridgehead atoms. The van der Waals surface area contributed by atoms with Crippen molar-refractivity contribution in [1.29, 1.82) is 0 Å². The van der Waals surface area contributed by atoms with Gasteiger partial charge in [0.25, 0.3) is 0 Å². The summed E-state index contributed by atoms with van der Waals surface area (Å²) < 4.78 is 26.8. The van der Waals surface area contributed by atoms with Crippen molar-refractivity contribution in [3.63, 3.8) is 0 Å². The van der Waals surface area contributed by atoms with Gasteiger partial charge in [-0.1, -0.05) is 23.8 Å². The minimum atomic E-state index is -0.714. The van der Waals surface area contributed by atoms with E-state index in [9.17, 15) is 18.4 Å². The molecule has 0 aliphatic rings. The first kappa shape index (κ1) is 22.5. The Morgan fingerprint density at radius 3 is 2.17 bits per heavy atom. The highest BCUT2D eigenvalue weighted by Crippen LogP contribution is 2.22. The van der Waals surface area contributed by atoms with E-state index >= 15 is 0 Å². The van der Waals surface area contributed by atoms with Crippen LogP contribution in [0.1, 0.15) is 35.2 Å². The maximum absolute atomic E-state index is 13.8. The molecule has 0 spiro atoms. The minimum absolute atomic E-state index is 0.0272. The first-order chi connectivity index (χ1) is 13.6. The van der Waals surface area contributed by atoms with Crippen molar-refractivity contribution >= 4 is 17.5 Å². The number of nitrogens with one attached hydrogen (secondary N) is 2. The van der Waals surface area contributed by atoms with Crippen LogP contribution in [0.3, 0.4) is 0 Å². The van der Waals surface area contributed by atoms with Crippen molar-refractivity contribution in [2.75, 3.05) is 25.5 Å². The summed E-state index contributed by atoms with van der Waals surface area (Å²) >= 11 is 0. The minimum Gasteiger partial charge on any atom is -0.348 e. The first-order valence-corrected chi connectivity index (χ1v) is 9.37. The highest BCUT2D eigenvalue weighted by molar-refractivity contribution is 5.94. The van der Waals surface area contributed by atoms with Crippen molar-refractivity contribution in [2.45, 2.75) is 33.7 Å². The topological polar surface area (TPSA) is 61.4 Å². The van der Waals surface area contributed by atoms with E-state index in [4.69, 9.17) is 0 Å². The van der Waals surface area contributed by atoms with Gasteiger partial charge in [-0.2, -0.15) is 0 Å². The van der Waals surface area contributed by atoms with E-state index in [0.717, 1.165) is 34.5 Å². The van der Waals surface area contributed by atoms with E-state index in [1.165, 1.54) is 6.07 Å². The molecule has 2 amide bonds. The zero-order valence-corrected chi connectivity index (χ0v) is 17.4. The Labute approximate surface area is 170 Å². The SMILES string of the molecule is Cc1cc(C)c(NC(=O)CN(C)CC(=O)N[C@H](C)c2ccc(F)cc2F)c(C)c1. The van der Waals surface area contributed by atoms with Gasteiger partial charge >= 0.3 is 0 Å². The second-order valence-corrected chi connectivity index (χ2v) is 7.45. The molecule has 0 heterocycles. The number of nitrogens with zero attached hydrogens (tertiary/aromatic N) is 1. The highest BCUT2D eigenvalue weighted by Gasteiger charge is 2.17. The van der Waals surface area contributed by atoms with Crippen LogP contribution < -0.4 is 10.6 Å². The molecule has 0 fully saturated rings. The number of hydrogen-bond acceptors (Lipinski definition) is 3. The van der Waals surface area contributed by atoms with Crippen LogP contribution in [0.2, 0.25) is 0 Å². The van der Waals surface area contributed by atoms with Gasteiger partial charge in [0.1, 0.15) is 11.6 Å². The fourth-order valence-electron chi connectivity index (χ4n) is 3.32. The fourth-order valence-corrected chi connectivity index (χ4v) is 3.32. The number of carbonyl (C=O) groups excluding carboxylic acids is 2. The average Bonchev–Trinajstić information content (AvgIpc) is 2.57. The van der Waals surface area contributed by atoms with Gasteiger partial charge in [-0.3, -0.25) is 14.5 Å². The Morgan fingerprint density at radius 1 is 1.00 bits per heavy atom. The van der Waals surface area contributed by atoms with Crippen molar-refractivity contribution in [3.8, 4) is 0 Å². The number of benzene rings is 2. The molecule has 0 aromatic heterocycles. The maximum Gasteiger partial charge on any atom is 0.238 e. The molecule has 0 saturated carbocycles. The Hall–Kier alpha value is -2.80. The Balaban J connectivity index is 1.89. The van der Waals surface area contributed by atoms with Crippen LogP contribution in [-0.2, 0) is 9.59 Å². The summed E-state index contributed by atoms with van der Waals surface area (Å²) in [6.07, 6.45) is 0. The molecule has 2 N–H and O–H groups in total. The van der Waals surface area contributed by atoms with Crippen molar-refractivity contribution in [1.82, 2.24) is 10.2 Å². The summed E-state index contributed by atoms with van der Waals surface area (Å²) in [6.45, 7) is 7.47. The molecule has 29 heavy (non-hydrogen) atoms. The van der Waals surface area contributed by atoms with Crippen LogP contribution in [0.25, 0.3) is 0 Å². The lowest BCUT2D eigenvalue weighted by Gasteiger charge is -2.20. The lowest BCUT2D eigenvalue weighted by atomic mass is 10.1. The number of rotatable bonds is 7. The first-order valence-electron chi connectivity index (χ1n) is 9.37. The van der Waals surface area contributed by atoms with Crippen molar-refractivity contribution < 1.29 is 18.4 Å². The molecule has 2 aromatic carbocycles. The van der Waals surface area contributed by atoms with Gasteiger partial charge < -0.3 is 10.6 Å². The Bertz CT molecular complexity index is 892. The third-order valence-corrected chi connectivity index (χ3v) is 4.57. The maximum atomic E-state index is 13.8. The molecule has 0 unspecified atom stereocenters. The molecule has 2 rings (SSSR count). The predicted molar refractivity (Wildman–Crippen MR) is 110 cm³/mol. The number of carbonyl (C=O) groups is 2. The van der Waals surface area contributed by atoms with Gasteiger partial charge in [-0.05, 0) is 51.9 Å². The van der Waals surface area contributed by atoms with Crippen LogP contribution in [0.15, 0.2) is 30.3 Å². The molecule has 0 radical (unpaired) electrons. The molecule has 156 valence electrons. The lowest BCUT2D eigenvalue weighted by Crippen LogP contribution is -2.40. The second kappa shape index (κ2) is 9.60. The summed E-state index contributed by atoms with van der Waals surface area (Å²) in [5, 5.41) is 5.55. The third-order valence-electron chi connectivity index (χ3n) is 4.57. The quantitative estimate of drug-likeness (QED) is 0.742. The molecule has 0 aliphatic carbocycles. The predicted octanol–water partition coefficient (Wildman–Crippen LogP) is 3.64. The zero-order valence-electron chi connectivity index (χ0n) is 17.4. The van der Waals surface area contributed by atoms with Gasteiger partial charge in [0.05, 0.1) is 19.1 Å². The molecule has 7 heteroatoms. The lowest BCUT2D eigenvalue weighted by molar-refractivity contribution is -0.123. The molecular weight excluding hydrogens is 376 g/mol. The fraction of sp³-hybridized carbons (Fsp3) is 0.364. The van der Waals surface area contributed by atoms with Crippen LogP contribution in [0.5, 0.6) is 0 Å². The average molecular weight is 403 g/mol. The van der Waals surface area contributed by atoms with Gasteiger partial charge in [0, 0.05) is 17.3 Å². The number of likely N-dealkylation sites (N-methyl/N-ethyl adjacent to an activating group) is 1. The summed E-state index contributed by atoms with van der Waals surface area (Å²) in [7, 11) is 1.65. The number of hydrogen-bond donors (Lipinski definition) is 2. The second-order valence-electron chi connectivity index (χ2n) is 7.45. The third kappa shape index (κ3) is 6.35. The van der Waals surface area contributed by atoms with E-state index in [2.05, 4.69) is 10.6 Å². The van der Waals surface area contributed by atoms with E-state index in [-0.39, 0.29) is 30.5 Å². The zero-order chi connectivity index (χ0) is 21.7. The number of halogens is 2. The van der Waals surface area contributed by atoms with Crippen LogP contribution >= 0.6 is 0 Å². The number of amides is 2. The molecular formula is C22H27F2N3O2. The van der Waals surface area contributed by atoms with E-state index < -0.39 is 17.7 Å². The molecule has 0 saturated heterocycles. The Kier molecular flexibility index (Phi) is 7.45. The normalized spacial score (nSPS) is 12.0. The standard InChI is InChI=1S/C22H27F2N3O2/c1-13-8-14(2)22(15(3)9-13)26-21(29)12-27(5)11-20(28)25-16(4)18-7-6-17(23)10-19(18)24/h6-10,16H,11-12H2,1-5H3,(H,25,28)(H,26,29)/t16-/m1/s1. The van der Waals surface area contributed by atoms with E-state index in [0.29, 0.717) is 0 Å². The van der Waals surface area contributed by atoms with E-state index in [1.807, 2.05) is 32.9 Å². The summed E-state index contributed by atoms with van der Waals surface area (Å²) in [5.74, 6) is -1.98. The van der Waals surface area contributed by atoms with Crippen LogP contribution in [-0.4, -0.2) is 36.9 Å². The van der Waals surface area contributed by atoms with Gasteiger partial charge in [-0.15, -0.1) is 0 Å². The van der Waals surface area contributed by atoms with Gasteiger partial charge in [0.2, 0.25) is 11.8 Å². The van der Waals surface area contributed by atoms with Gasteiger partial charge in [-0.25, -0.2) is 8.78 Å². The highest BCUT2D eigenvalue weighted by atomic mass is 19.1. The summed E-state index contributed by atoms with van der Waals surface area (Å²) in [4.78, 5) is 26.1. The molecule has 2 aromatic rings. The van der Waals surface area contributed by atoms with Gasteiger partial charge in [0.15, 0.2) is 0 Å². The summed E-state index contributed by atoms with van der Waals surface area (Å²) in [6, 6.07) is 6.60. The number of anilines is 1. The van der Waals surface area contributed by atoms with Crippen LogP contribution in [0.4, 0.5) is 14.5 Å². The van der Waals surface area contributed by atoms with Crippen molar-refractivity contribution in [2.24, 2.45) is 0 Å². The smallest absolute Gasteiger partial charge is 0.238 e. The largest absolute Gasteiger partial charge is 0.348 e. The van der Waals surface area contributed by atoms with Crippen LogP contribution in [0, 0.1) is 32.4 Å². The Morgan fingerprint density at radius 2 is 1.59 bits per heavy atom. The number of aryl methyl sites for hydroxylation is 3. The molecule has 0 aliphatic heterocycles. The summed E-state index contributed by atoms with van der Waals surface area (Å²) in [5.41, 5.74) is 4.06. The molecule has 5 nitrogen and oxygen atoms in total.